The van der Waals surface area contributed by atoms with E-state index in [0.717, 1.165) is 25.8 Å². The molecule has 1 unspecified atom stereocenters. The molecular weight excluding hydrogens is 152 g/mol. The number of hydrogen-bond acceptors (Lipinski definition) is 2. The van der Waals surface area contributed by atoms with Crippen LogP contribution in [0.25, 0.3) is 0 Å². The maximum Gasteiger partial charge on any atom is 0.207 e. The second kappa shape index (κ2) is 3.05. The number of nitrogens with one attached hydrogen (secondary N) is 2. The van der Waals surface area contributed by atoms with Crippen molar-refractivity contribution in [2.24, 2.45) is 0 Å². The van der Waals surface area contributed by atoms with Gasteiger partial charge in [0, 0.05) is 11.6 Å². The van der Waals surface area contributed by atoms with E-state index in [4.69, 9.17) is 0 Å². The first-order valence-corrected chi connectivity index (χ1v) is 4.79. The molecule has 2 aliphatic rings. The second-order valence-corrected chi connectivity index (χ2v) is 4.03. The van der Waals surface area contributed by atoms with E-state index in [2.05, 4.69) is 10.6 Å². The van der Waals surface area contributed by atoms with Crippen LogP contribution in [-0.2, 0) is 4.79 Å². The van der Waals surface area contributed by atoms with Gasteiger partial charge in [0.1, 0.15) is 0 Å². The topological polar surface area (TPSA) is 41.1 Å². The molecule has 1 aliphatic heterocycles. The molecule has 1 atom stereocenters. The average Bonchev–Trinajstić information content (AvgIpc) is 2.03. The Bertz CT molecular complexity index is 177. The van der Waals surface area contributed by atoms with Gasteiger partial charge in [0.25, 0.3) is 0 Å². The summed E-state index contributed by atoms with van der Waals surface area (Å²) in [5.41, 5.74) is 0.402. The molecule has 2 N–H and O–H groups in total. The molecule has 1 saturated heterocycles. The van der Waals surface area contributed by atoms with Crippen molar-refractivity contribution in [1.82, 2.24) is 10.6 Å². The minimum absolute atomic E-state index is 0.402. The highest BCUT2D eigenvalue weighted by Crippen LogP contribution is 2.38. The lowest BCUT2D eigenvalue weighted by Gasteiger charge is -2.48. The first kappa shape index (κ1) is 8.05. The van der Waals surface area contributed by atoms with Crippen LogP contribution in [0.5, 0.6) is 0 Å². The molecule has 0 bridgehead atoms. The van der Waals surface area contributed by atoms with Gasteiger partial charge < -0.3 is 10.6 Å². The van der Waals surface area contributed by atoms with Crippen LogP contribution in [0.2, 0.25) is 0 Å². The number of piperidine rings is 1. The minimum atomic E-state index is 0.402. The summed E-state index contributed by atoms with van der Waals surface area (Å²) in [4.78, 5) is 10.3. The Morgan fingerprint density at radius 2 is 2.33 bits per heavy atom. The van der Waals surface area contributed by atoms with Crippen molar-refractivity contribution in [3.63, 3.8) is 0 Å². The molecule has 3 heteroatoms. The molecule has 68 valence electrons. The number of carbonyl (C=O) groups excluding carboxylic acids is 1. The maximum absolute atomic E-state index is 10.3. The first-order chi connectivity index (χ1) is 5.85. The molecule has 2 fully saturated rings. The molecule has 1 aliphatic carbocycles. The zero-order chi connectivity index (χ0) is 8.44. The van der Waals surface area contributed by atoms with Crippen LogP contribution in [0.1, 0.15) is 32.1 Å². The van der Waals surface area contributed by atoms with E-state index in [9.17, 15) is 4.79 Å². The summed E-state index contributed by atoms with van der Waals surface area (Å²) in [6.45, 7) is 1.06. The van der Waals surface area contributed by atoms with Gasteiger partial charge in [-0.15, -0.1) is 0 Å². The van der Waals surface area contributed by atoms with Gasteiger partial charge in [-0.3, -0.25) is 4.79 Å². The summed E-state index contributed by atoms with van der Waals surface area (Å²) in [6, 6.07) is 0.420. The third kappa shape index (κ3) is 1.33. The van der Waals surface area contributed by atoms with Crippen molar-refractivity contribution in [1.29, 1.82) is 0 Å². The fourth-order valence-corrected chi connectivity index (χ4v) is 2.38. The van der Waals surface area contributed by atoms with Crippen LogP contribution in [-0.4, -0.2) is 24.5 Å². The first-order valence-electron chi connectivity index (χ1n) is 4.79. The van der Waals surface area contributed by atoms with Crippen molar-refractivity contribution in [2.75, 3.05) is 6.54 Å². The monoisotopic (exact) mass is 168 g/mol. The van der Waals surface area contributed by atoms with Crippen molar-refractivity contribution in [2.45, 2.75) is 43.7 Å². The predicted molar refractivity (Wildman–Crippen MR) is 46.8 cm³/mol. The lowest BCUT2D eigenvalue weighted by molar-refractivity contribution is -0.110. The van der Waals surface area contributed by atoms with E-state index in [1.54, 1.807) is 0 Å². The van der Waals surface area contributed by atoms with Gasteiger partial charge in [-0.25, -0.2) is 0 Å². The molecule has 1 amide bonds. The molecule has 1 heterocycles. The van der Waals surface area contributed by atoms with Crippen LogP contribution in [0.3, 0.4) is 0 Å². The minimum Gasteiger partial charge on any atom is -0.356 e. The van der Waals surface area contributed by atoms with Crippen LogP contribution in [0.4, 0.5) is 0 Å². The summed E-state index contributed by atoms with van der Waals surface area (Å²) in [7, 11) is 0. The molecule has 1 spiro atoms. The standard InChI is InChI=1S/C9H16N2O/c12-7-10-8-2-5-11-9(6-8)3-1-4-9/h7-8,11H,1-6H2,(H,10,12). The molecule has 3 nitrogen and oxygen atoms in total. The highest BCUT2D eigenvalue weighted by atomic mass is 16.1. The Morgan fingerprint density at radius 3 is 2.92 bits per heavy atom. The van der Waals surface area contributed by atoms with Gasteiger partial charge in [0.15, 0.2) is 0 Å². The van der Waals surface area contributed by atoms with E-state index in [0.29, 0.717) is 11.6 Å². The Hall–Kier alpha value is -0.570. The Balaban J connectivity index is 1.89. The molecule has 2 rings (SSSR count). The van der Waals surface area contributed by atoms with E-state index in [1.807, 2.05) is 0 Å². The summed E-state index contributed by atoms with van der Waals surface area (Å²) in [6.07, 6.45) is 6.99. The summed E-state index contributed by atoms with van der Waals surface area (Å²) >= 11 is 0. The molecule has 1 saturated carbocycles. The number of hydrogen-bond donors (Lipinski definition) is 2. The molecule has 0 aromatic carbocycles. The van der Waals surface area contributed by atoms with Gasteiger partial charge in [-0.2, -0.15) is 0 Å². The van der Waals surface area contributed by atoms with Crippen molar-refractivity contribution in [3.8, 4) is 0 Å². The third-order valence-electron chi connectivity index (χ3n) is 3.24. The Labute approximate surface area is 72.9 Å². The normalized spacial score (nSPS) is 32.5. The summed E-state index contributed by atoms with van der Waals surface area (Å²) in [5.74, 6) is 0. The fourth-order valence-electron chi connectivity index (χ4n) is 2.38. The number of amides is 1. The Morgan fingerprint density at radius 1 is 1.50 bits per heavy atom. The van der Waals surface area contributed by atoms with Gasteiger partial charge in [0.05, 0.1) is 0 Å². The van der Waals surface area contributed by atoms with Gasteiger partial charge in [-0.05, 0) is 38.6 Å². The lowest BCUT2D eigenvalue weighted by Crippen LogP contribution is -2.59. The summed E-state index contributed by atoms with van der Waals surface area (Å²) < 4.78 is 0. The zero-order valence-electron chi connectivity index (χ0n) is 7.31. The predicted octanol–water partition coefficient (Wildman–Crippen LogP) is 0.407. The lowest BCUT2D eigenvalue weighted by atomic mass is 9.70. The third-order valence-corrected chi connectivity index (χ3v) is 3.24. The second-order valence-electron chi connectivity index (χ2n) is 4.03. The number of rotatable bonds is 2. The van der Waals surface area contributed by atoms with Crippen LogP contribution < -0.4 is 10.6 Å². The smallest absolute Gasteiger partial charge is 0.207 e. The summed E-state index contributed by atoms with van der Waals surface area (Å²) in [5, 5.41) is 6.45. The van der Waals surface area contributed by atoms with Crippen LogP contribution in [0, 0.1) is 0 Å². The maximum atomic E-state index is 10.3. The van der Waals surface area contributed by atoms with Crippen molar-refractivity contribution in [3.05, 3.63) is 0 Å². The van der Waals surface area contributed by atoms with Crippen molar-refractivity contribution >= 4 is 6.41 Å². The molecule has 0 radical (unpaired) electrons. The van der Waals surface area contributed by atoms with Crippen LogP contribution in [0.15, 0.2) is 0 Å². The molecule has 0 aromatic heterocycles. The van der Waals surface area contributed by atoms with Crippen molar-refractivity contribution < 1.29 is 4.79 Å². The molecular formula is C9H16N2O. The SMILES string of the molecule is O=CNC1CCNC2(CCC2)C1. The fraction of sp³-hybridized carbons (Fsp3) is 0.889. The van der Waals surface area contributed by atoms with E-state index in [1.165, 1.54) is 19.3 Å². The van der Waals surface area contributed by atoms with Gasteiger partial charge >= 0.3 is 0 Å². The van der Waals surface area contributed by atoms with E-state index < -0.39 is 0 Å². The molecule has 0 aromatic rings. The van der Waals surface area contributed by atoms with Crippen LogP contribution >= 0.6 is 0 Å². The average molecular weight is 168 g/mol. The Kier molecular flexibility index (Phi) is 2.05. The highest BCUT2D eigenvalue weighted by Gasteiger charge is 2.40. The highest BCUT2D eigenvalue weighted by molar-refractivity contribution is 5.46. The molecule has 12 heavy (non-hydrogen) atoms. The van der Waals surface area contributed by atoms with Gasteiger partial charge in [0.2, 0.25) is 6.41 Å². The largest absolute Gasteiger partial charge is 0.356 e. The number of carbonyl (C=O) groups is 1. The quantitative estimate of drug-likeness (QED) is 0.586. The van der Waals surface area contributed by atoms with E-state index >= 15 is 0 Å². The zero-order valence-corrected chi connectivity index (χ0v) is 7.31. The van der Waals surface area contributed by atoms with Gasteiger partial charge in [-0.1, -0.05) is 0 Å². The van der Waals surface area contributed by atoms with E-state index in [-0.39, 0.29) is 0 Å².